The van der Waals surface area contributed by atoms with Gasteiger partial charge in [0.2, 0.25) is 0 Å². The molecule has 1 aromatic carbocycles. The van der Waals surface area contributed by atoms with Gasteiger partial charge in [-0.15, -0.1) is 11.3 Å². The third-order valence-corrected chi connectivity index (χ3v) is 4.04. The molecule has 0 saturated heterocycles. The zero-order valence-corrected chi connectivity index (χ0v) is 11.6. The molecule has 7 heteroatoms. The van der Waals surface area contributed by atoms with Crippen molar-refractivity contribution in [2.75, 3.05) is 0 Å². The molecule has 1 nitrogen and oxygen atoms in total. The second kappa shape index (κ2) is 5.22. The number of thiophene rings is 1. The fourth-order valence-corrected chi connectivity index (χ4v) is 2.79. The van der Waals surface area contributed by atoms with Crippen LogP contribution in [0.15, 0.2) is 33.4 Å². The van der Waals surface area contributed by atoms with E-state index >= 15 is 0 Å². The summed E-state index contributed by atoms with van der Waals surface area (Å²) in [6, 6.07) is 4.04. The quantitative estimate of drug-likeness (QED) is 0.771. The molecule has 0 aliphatic carbocycles. The van der Waals surface area contributed by atoms with E-state index < -0.39 is 23.7 Å². The van der Waals surface area contributed by atoms with Gasteiger partial charge in [0.05, 0.1) is 9.35 Å². The van der Waals surface area contributed by atoms with E-state index in [2.05, 4.69) is 15.9 Å². The summed E-state index contributed by atoms with van der Waals surface area (Å²) in [5.74, 6) is -1.39. The first kappa shape index (κ1) is 14.5. The van der Waals surface area contributed by atoms with Crippen molar-refractivity contribution in [2.24, 2.45) is 0 Å². The molecule has 0 fully saturated rings. The molecule has 0 bridgehead atoms. The van der Waals surface area contributed by atoms with E-state index in [1.165, 1.54) is 11.3 Å². The van der Waals surface area contributed by atoms with Gasteiger partial charge in [-0.3, -0.25) is 0 Å². The zero-order valence-electron chi connectivity index (χ0n) is 9.21. The predicted octanol–water partition coefficient (Wildman–Crippen LogP) is 4.75. The summed E-state index contributed by atoms with van der Waals surface area (Å²) in [5, 5.41) is 11.6. The van der Waals surface area contributed by atoms with Crippen molar-refractivity contribution in [3.05, 3.63) is 55.9 Å². The summed E-state index contributed by atoms with van der Waals surface area (Å²) in [6.07, 6.45) is -5.89. The molecule has 1 unspecified atom stereocenters. The normalized spacial score (nSPS) is 13.6. The van der Waals surface area contributed by atoms with Crippen LogP contribution in [-0.2, 0) is 6.18 Å². The van der Waals surface area contributed by atoms with E-state index in [-0.39, 0.29) is 5.56 Å². The van der Waals surface area contributed by atoms with Crippen LogP contribution >= 0.6 is 27.3 Å². The fraction of sp³-hybridized carbons (Fsp3) is 0.167. The number of hydrogen-bond acceptors (Lipinski definition) is 2. The molecule has 0 spiro atoms. The van der Waals surface area contributed by atoms with E-state index in [1.807, 2.05) is 0 Å². The Bertz CT molecular complexity index is 594. The van der Waals surface area contributed by atoms with Crippen LogP contribution in [0.3, 0.4) is 0 Å². The number of aliphatic hydroxyl groups is 1. The summed E-state index contributed by atoms with van der Waals surface area (Å²) in [6.45, 7) is 0. The minimum absolute atomic E-state index is 0.0794. The lowest BCUT2D eigenvalue weighted by molar-refractivity contribution is -0.140. The van der Waals surface area contributed by atoms with Gasteiger partial charge in [-0.25, -0.2) is 4.39 Å². The van der Waals surface area contributed by atoms with Crippen molar-refractivity contribution < 1.29 is 22.7 Å². The van der Waals surface area contributed by atoms with Crippen molar-refractivity contribution in [1.29, 1.82) is 0 Å². The minimum Gasteiger partial charge on any atom is -0.384 e. The summed E-state index contributed by atoms with van der Waals surface area (Å²) in [5.41, 5.74) is -0.762. The third kappa shape index (κ3) is 3.16. The smallest absolute Gasteiger partial charge is 0.384 e. The maximum atomic E-state index is 13.4. The van der Waals surface area contributed by atoms with Gasteiger partial charge in [0.1, 0.15) is 11.9 Å². The van der Waals surface area contributed by atoms with Crippen LogP contribution in [0.2, 0.25) is 0 Å². The Morgan fingerprint density at radius 2 is 1.84 bits per heavy atom. The Morgan fingerprint density at radius 3 is 2.32 bits per heavy atom. The van der Waals surface area contributed by atoms with Gasteiger partial charge in [0.25, 0.3) is 0 Å². The van der Waals surface area contributed by atoms with Crippen LogP contribution in [0, 0.1) is 5.82 Å². The second-order valence-electron chi connectivity index (χ2n) is 3.82. The van der Waals surface area contributed by atoms with Gasteiger partial charge in [0, 0.05) is 0 Å². The van der Waals surface area contributed by atoms with Crippen LogP contribution in [-0.4, -0.2) is 5.11 Å². The SMILES string of the molecule is OC(c1csc(Br)c1)c1ccc(C(F)(F)F)c(F)c1. The van der Waals surface area contributed by atoms with Crippen molar-refractivity contribution in [2.45, 2.75) is 12.3 Å². The highest BCUT2D eigenvalue weighted by atomic mass is 79.9. The van der Waals surface area contributed by atoms with Crippen molar-refractivity contribution in [1.82, 2.24) is 0 Å². The standard InChI is InChI=1S/C12H7BrF4OS/c13-10-4-7(5-19-10)11(18)6-1-2-8(9(14)3-6)12(15,16)17/h1-5,11,18H. The monoisotopic (exact) mass is 354 g/mol. The second-order valence-corrected chi connectivity index (χ2v) is 6.11. The number of benzene rings is 1. The third-order valence-electron chi connectivity index (χ3n) is 2.52. The van der Waals surface area contributed by atoms with Crippen molar-refractivity contribution in [3.8, 4) is 0 Å². The molecule has 2 aromatic rings. The minimum atomic E-state index is -4.74. The molecule has 0 amide bonds. The molecule has 1 N–H and O–H groups in total. The van der Waals surface area contributed by atoms with Crippen molar-refractivity contribution in [3.63, 3.8) is 0 Å². The van der Waals surface area contributed by atoms with E-state index in [0.717, 1.165) is 9.85 Å². The van der Waals surface area contributed by atoms with E-state index in [4.69, 9.17) is 0 Å². The lowest BCUT2D eigenvalue weighted by Gasteiger charge is -2.12. The molecule has 0 aliphatic rings. The highest BCUT2D eigenvalue weighted by molar-refractivity contribution is 9.11. The number of aliphatic hydroxyl groups excluding tert-OH is 1. The van der Waals surface area contributed by atoms with Gasteiger partial charge in [0.15, 0.2) is 0 Å². The van der Waals surface area contributed by atoms with Gasteiger partial charge in [-0.2, -0.15) is 13.2 Å². The topological polar surface area (TPSA) is 20.2 Å². The highest BCUT2D eigenvalue weighted by Gasteiger charge is 2.34. The molecule has 102 valence electrons. The van der Waals surface area contributed by atoms with Gasteiger partial charge < -0.3 is 5.11 Å². The summed E-state index contributed by atoms with van der Waals surface area (Å²) in [4.78, 5) is 0. The van der Waals surface area contributed by atoms with Crippen molar-refractivity contribution >= 4 is 27.3 Å². The number of alkyl halides is 3. The summed E-state index contributed by atoms with van der Waals surface area (Å²) >= 11 is 4.53. The predicted molar refractivity (Wildman–Crippen MR) is 67.5 cm³/mol. The average Bonchev–Trinajstić information content (AvgIpc) is 2.73. The highest BCUT2D eigenvalue weighted by Crippen LogP contribution is 2.34. The maximum absolute atomic E-state index is 13.4. The number of hydrogen-bond donors (Lipinski definition) is 1. The molecule has 1 atom stereocenters. The fourth-order valence-electron chi connectivity index (χ4n) is 1.59. The Morgan fingerprint density at radius 1 is 1.16 bits per heavy atom. The first-order valence-electron chi connectivity index (χ1n) is 5.07. The van der Waals surface area contributed by atoms with Crippen LogP contribution < -0.4 is 0 Å². The van der Waals surface area contributed by atoms with Crippen LogP contribution in [0.1, 0.15) is 22.8 Å². The molecular formula is C12H7BrF4OS. The van der Waals surface area contributed by atoms with Crippen LogP contribution in [0.25, 0.3) is 0 Å². The molecule has 1 aromatic heterocycles. The van der Waals surface area contributed by atoms with Gasteiger partial charge in [-0.05, 0) is 50.6 Å². The number of rotatable bonds is 2. The molecule has 19 heavy (non-hydrogen) atoms. The average molecular weight is 355 g/mol. The molecule has 1 heterocycles. The Labute approximate surface area is 118 Å². The van der Waals surface area contributed by atoms with E-state index in [0.29, 0.717) is 17.7 Å². The largest absolute Gasteiger partial charge is 0.419 e. The first-order chi connectivity index (χ1) is 8.79. The van der Waals surface area contributed by atoms with Gasteiger partial charge >= 0.3 is 6.18 Å². The molecule has 0 radical (unpaired) electrons. The lowest BCUT2D eigenvalue weighted by atomic mass is 10.0. The molecule has 0 aliphatic heterocycles. The lowest BCUT2D eigenvalue weighted by Crippen LogP contribution is -2.09. The maximum Gasteiger partial charge on any atom is 0.419 e. The van der Waals surface area contributed by atoms with Crippen LogP contribution in [0.5, 0.6) is 0 Å². The van der Waals surface area contributed by atoms with E-state index in [9.17, 15) is 22.7 Å². The zero-order chi connectivity index (χ0) is 14.2. The molecular weight excluding hydrogens is 348 g/mol. The molecule has 2 rings (SSSR count). The number of halogens is 5. The van der Waals surface area contributed by atoms with E-state index in [1.54, 1.807) is 11.4 Å². The summed E-state index contributed by atoms with van der Waals surface area (Å²) < 4.78 is 51.4. The Balaban J connectivity index is 2.35. The Kier molecular flexibility index (Phi) is 3.98. The molecule has 0 saturated carbocycles. The summed E-state index contributed by atoms with van der Waals surface area (Å²) in [7, 11) is 0. The van der Waals surface area contributed by atoms with Crippen LogP contribution in [0.4, 0.5) is 17.6 Å². The first-order valence-corrected chi connectivity index (χ1v) is 6.75. The van der Waals surface area contributed by atoms with Gasteiger partial charge in [-0.1, -0.05) is 6.07 Å². The Hall–Kier alpha value is -0.920.